The number of carbonyl (C=O) groups is 3. The number of amides is 3. The van der Waals surface area contributed by atoms with Gasteiger partial charge in [0, 0.05) is 5.69 Å². The average molecular weight is 380 g/mol. The van der Waals surface area contributed by atoms with Crippen LogP contribution in [0.15, 0.2) is 48.5 Å². The van der Waals surface area contributed by atoms with Gasteiger partial charge in [0.1, 0.15) is 11.8 Å². The van der Waals surface area contributed by atoms with Crippen molar-refractivity contribution in [3.05, 3.63) is 59.7 Å². The molecule has 0 saturated heterocycles. The van der Waals surface area contributed by atoms with Crippen molar-refractivity contribution >= 4 is 23.4 Å². The number of benzene rings is 2. The summed E-state index contributed by atoms with van der Waals surface area (Å²) in [6.07, 6.45) is 0.648. The van der Waals surface area contributed by atoms with Crippen LogP contribution in [0.2, 0.25) is 0 Å². The molecule has 1 aliphatic heterocycles. The Morgan fingerprint density at radius 3 is 2.07 bits per heavy atom. The third kappa shape index (κ3) is 3.63. The summed E-state index contributed by atoms with van der Waals surface area (Å²) in [5, 5.41) is 2.83. The van der Waals surface area contributed by atoms with Crippen molar-refractivity contribution in [2.45, 2.75) is 33.2 Å². The van der Waals surface area contributed by atoms with Gasteiger partial charge in [0.05, 0.1) is 17.7 Å². The lowest BCUT2D eigenvalue weighted by atomic mass is 9.96. The molecule has 1 heterocycles. The second-order valence-electron chi connectivity index (χ2n) is 6.80. The molecular formula is C22H24N2O4. The molecule has 6 nitrogen and oxygen atoms in total. The first-order valence-corrected chi connectivity index (χ1v) is 9.48. The van der Waals surface area contributed by atoms with Gasteiger partial charge >= 0.3 is 0 Å². The Labute approximate surface area is 164 Å². The highest BCUT2D eigenvalue weighted by atomic mass is 16.5. The highest BCUT2D eigenvalue weighted by Gasteiger charge is 2.44. The predicted octanol–water partition coefficient (Wildman–Crippen LogP) is 3.73. The van der Waals surface area contributed by atoms with Crippen LogP contribution < -0.4 is 10.1 Å². The van der Waals surface area contributed by atoms with Gasteiger partial charge in [-0.1, -0.05) is 32.4 Å². The Hall–Kier alpha value is -3.15. The average Bonchev–Trinajstić information content (AvgIpc) is 2.95. The van der Waals surface area contributed by atoms with Crippen molar-refractivity contribution in [2.24, 2.45) is 5.92 Å². The van der Waals surface area contributed by atoms with E-state index in [0.717, 1.165) is 4.90 Å². The van der Waals surface area contributed by atoms with Crippen molar-refractivity contribution in [1.29, 1.82) is 0 Å². The van der Waals surface area contributed by atoms with E-state index in [4.69, 9.17) is 4.74 Å². The Balaban J connectivity index is 1.85. The molecule has 0 radical (unpaired) electrons. The van der Waals surface area contributed by atoms with E-state index in [9.17, 15) is 14.4 Å². The van der Waals surface area contributed by atoms with Crippen molar-refractivity contribution in [1.82, 2.24) is 4.90 Å². The molecule has 3 amide bonds. The second kappa shape index (κ2) is 8.25. The summed E-state index contributed by atoms with van der Waals surface area (Å²) < 4.78 is 5.40. The highest BCUT2D eigenvalue weighted by Crippen LogP contribution is 2.29. The minimum atomic E-state index is -0.885. The molecule has 2 aromatic carbocycles. The number of hydrogen-bond acceptors (Lipinski definition) is 4. The third-order valence-corrected chi connectivity index (χ3v) is 4.99. The highest BCUT2D eigenvalue weighted by molar-refractivity contribution is 6.23. The number of rotatable bonds is 7. The summed E-state index contributed by atoms with van der Waals surface area (Å²) >= 11 is 0. The topological polar surface area (TPSA) is 75.7 Å². The molecule has 146 valence electrons. The quantitative estimate of drug-likeness (QED) is 0.743. The molecule has 0 aliphatic carbocycles. The Bertz CT molecular complexity index is 857. The van der Waals surface area contributed by atoms with Crippen LogP contribution in [-0.2, 0) is 4.79 Å². The van der Waals surface area contributed by atoms with Crippen LogP contribution in [0.1, 0.15) is 47.9 Å². The van der Waals surface area contributed by atoms with Crippen LogP contribution in [0.5, 0.6) is 5.75 Å². The van der Waals surface area contributed by atoms with Crippen LogP contribution in [0, 0.1) is 5.92 Å². The molecule has 2 aromatic rings. The summed E-state index contributed by atoms with van der Waals surface area (Å²) in [7, 11) is 0. The number of imide groups is 1. The fourth-order valence-electron chi connectivity index (χ4n) is 3.33. The fraction of sp³-hybridized carbons (Fsp3) is 0.318. The molecule has 0 fully saturated rings. The van der Waals surface area contributed by atoms with Crippen molar-refractivity contribution in [2.75, 3.05) is 11.9 Å². The number of hydrogen-bond donors (Lipinski definition) is 1. The van der Waals surface area contributed by atoms with E-state index in [2.05, 4.69) is 5.32 Å². The third-order valence-electron chi connectivity index (χ3n) is 4.99. The number of fused-ring (bicyclic) bond motifs is 1. The molecule has 0 unspecified atom stereocenters. The maximum Gasteiger partial charge on any atom is 0.262 e. The molecule has 0 spiro atoms. The van der Waals surface area contributed by atoms with E-state index >= 15 is 0 Å². The van der Waals surface area contributed by atoms with E-state index < -0.39 is 17.9 Å². The normalized spacial score (nSPS) is 15.2. The molecule has 1 aliphatic rings. The number of anilines is 1. The van der Waals surface area contributed by atoms with E-state index in [0.29, 0.717) is 35.6 Å². The van der Waals surface area contributed by atoms with Crippen LogP contribution in [-0.4, -0.2) is 35.3 Å². The number of ether oxygens (including phenoxy) is 1. The summed E-state index contributed by atoms with van der Waals surface area (Å²) in [5.41, 5.74) is 1.27. The van der Waals surface area contributed by atoms with Gasteiger partial charge in [0.15, 0.2) is 0 Å². The minimum absolute atomic E-state index is 0.190. The van der Waals surface area contributed by atoms with Gasteiger partial charge in [-0.25, -0.2) is 0 Å². The summed E-state index contributed by atoms with van der Waals surface area (Å²) in [6.45, 7) is 6.25. The molecule has 3 rings (SSSR count). The Morgan fingerprint density at radius 1 is 1.00 bits per heavy atom. The van der Waals surface area contributed by atoms with Gasteiger partial charge < -0.3 is 10.1 Å². The molecule has 0 saturated carbocycles. The van der Waals surface area contributed by atoms with Crippen LogP contribution in [0.3, 0.4) is 0 Å². The molecular weight excluding hydrogens is 356 g/mol. The second-order valence-corrected chi connectivity index (χ2v) is 6.80. The monoisotopic (exact) mass is 380 g/mol. The summed E-state index contributed by atoms with van der Waals surface area (Å²) in [6, 6.07) is 12.8. The molecule has 6 heteroatoms. The van der Waals surface area contributed by atoms with Crippen molar-refractivity contribution in [3.63, 3.8) is 0 Å². The summed E-state index contributed by atoms with van der Waals surface area (Å²) in [4.78, 5) is 39.9. The van der Waals surface area contributed by atoms with Crippen molar-refractivity contribution < 1.29 is 19.1 Å². The summed E-state index contributed by atoms with van der Waals surface area (Å²) in [5.74, 6) is -0.710. The van der Waals surface area contributed by atoms with Gasteiger partial charge in [0.25, 0.3) is 11.8 Å². The molecule has 0 aromatic heterocycles. The van der Waals surface area contributed by atoms with Crippen LogP contribution in [0.25, 0.3) is 0 Å². The molecule has 1 N–H and O–H groups in total. The van der Waals surface area contributed by atoms with Gasteiger partial charge in [-0.15, -0.1) is 0 Å². The van der Waals surface area contributed by atoms with Crippen molar-refractivity contribution in [3.8, 4) is 5.75 Å². The maximum atomic E-state index is 13.1. The lowest BCUT2D eigenvalue weighted by Crippen LogP contribution is -2.50. The Kier molecular flexibility index (Phi) is 5.78. The van der Waals surface area contributed by atoms with Gasteiger partial charge in [-0.2, -0.15) is 0 Å². The largest absolute Gasteiger partial charge is 0.494 e. The molecule has 28 heavy (non-hydrogen) atoms. The first kappa shape index (κ1) is 19.6. The zero-order valence-corrected chi connectivity index (χ0v) is 16.3. The smallest absolute Gasteiger partial charge is 0.262 e. The Morgan fingerprint density at radius 2 is 1.57 bits per heavy atom. The zero-order chi connectivity index (χ0) is 20.3. The molecule has 2 atom stereocenters. The van der Waals surface area contributed by atoms with Crippen LogP contribution >= 0.6 is 0 Å². The number of carbonyl (C=O) groups excluding carboxylic acids is 3. The lowest BCUT2D eigenvalue weighted by Gasteiger charge is -2.29. The van der Waals surface area contributed by atoms with Gasteiger partial charge in [-0.3, -0.25) is 19.3 Å². The van der Waals surface area contributed by atoms with E-state index in [-0.39, 0.29) is 11.8 Å². The fourth-order valence-corrected chi connectivity index (χ4v) is 3.33. The number of nitrogens with one attached hydrogen (secondary N) is 1. The van der Waals surface area contributed by atoms with E-state index in [1.807, 2.05) is 20.8 Å². The standard InChI is InChI=1S/C22H24N2O4/c1-4-14(3)19(20(25)23-15-10-12-16(13-11-15)28-5-2)24-21(26)17-8-6-7-9-18(17)22(24)27/h6-14,19H,4-5H2,1-3H3,(H,23,25)/t14-,19+/m1/s1. The van der Waals surface area contributed by atoms with E-state index in [1.54, 1.807) is 48.5 Å². The van der Waals surface area contributed by atoms with E-state index in [1.165, 1.54) is 0 Å². The minimum Gasteiger partial charge on any atom is -0.494 e. The predicted molar refractivity (Wildman–Crippen MR) is 106 cm³/mol. The van der Waals surface area contributed by atoms with Crippen LogP contribution in [0.4, 0.5) is 5.69 Å². The lowest BCUT2D eigenvalue weighted by molar-refractivity contribution is -0.121. The zero-order valence-electron chi connectivity index (χ0n) is 16.3. The molecule has 0 bridgehead atoms. The maximum absolute atomic E-state index is 13.1. The van der Waals surface area contributed by atoms with Gasteiger partial charge in [0.2, 0.25) is 5.91 Å². The SMILES string of the molecule is CCOc1ccc(NC(=O)[C@H]([C@H](C)CC)N2C(=O)c3ccccc3C2=O)cc1. The first-order chi connectivity index (χ1) is 13.5. The number of nitrogens with zero attached hydrogens (tertiary/aromatic N) is 1. The van der Waals surface area contributed by atoms with Gasteiger partial charge in [-0.05, 0) is 49.2 Å². The first-order valence-electron chi connectivity index (χ1n) is 9.48.